The first-order valence-electron chi connectivity index (χ1n) is 9.02. The van der Waals surface area contributed by atoms with E-state index in [1.165, 1.54) is 25.7 Å². The van der Waals surface area contributed by atoms with Crippen LogP contribution in [-0.4, -0.2) is 41.6 Å². The average Bonchev–Trinajstić information content (AvgIpc) is 2.91. The van der Waals surface area contributed by atoms with Crippen LogP contribution < -0.4 is 5.32 Å². The smallest absolute Gasteiger partial charge is 0.407 e. The molecule has 0 spiro atoms. The van der Waals surface area contributed by atoms with Gasteiger partial charge in [-0.2, -0.15) is 0 Å². The van der Waals surface area contributed by atoms with Crippen molar-refractivity contribution in [1.82, 2.24) is 10.2 Å². The van der Waals surface area contributed by atoms with Gasteiger partial charge in [0.1, 0.15) is 5.60 Å². The van der Waals surface area contributed by atoms with Crippen LogP contribution in [0.2, 0.25) is 0 Å². The van der Waals surface area contributed by atoms with Gasteiger partial charge in [-0.25, -0.2) is 4.79 Å². The van der Waals surface area contributed by atoms with Crippen molar-refractivity contribution in [3.63, 3.8) is 0 Å². The van der Waals surface area contributed by atoms with Crippen molar-refractivity contribution in [3.05, 3.63) is 0 Å². The van der Waals surface area contributed by atoms with Gasteiger partial charge >= 0.3 is 6.09 Å². The van der Waals surface area contributed by atoms with Crippen molar-refractivity contribution in [2.45, 2.75) is 77.9 Å². The zero-order valence-electron chi connectivity index (χ0n) is 15.1. The lowest BCUT2D eigenvalue weighted by Crippen LogP contribution is -2.52. The van der Waals surface area contributed by atoms with Crippen LogP contribution >= 0.6 is 0 Å². The van der Waals surface area contributed by atoms with Gasteiger partial charge in [0.2, 0.25) is 5.91 Å². The van der Waals surface area contributed by atoms with Gasteiger partial charge < -0.3 is 15.0 Å². The van der Waals surface area contributed by atoms with Gasteiger partial charge in [0.05, 0.1) is 0 Å². The lowest BCUT2D eigenvalue weighted by atomic mass is 9.93. The summed E-state index contributed by atoms with van der Waals surface area (Å²) in [7, 11) is 0. The minimum absolute atomic E-state index is 0.0837. The minimum atomic E-state index is -0.481. The van der Waals surface area contributed by atoms with Crippen LogP contribution in [0.1, 0.15) is 66.2 Å². The highest BCUT2D eigenvalue weighted by Gasteiger charge is 2.31. The monoisotopic (exact) mass is 324 g/mol. The van der Waals surface area contributed by atoms with Gasteiger partial charge in [-0.1, -0.05) is 19.8 Å². The predicted molar refractivity (Wildman–Crippen MR) is 90.1 cm³/mol. The fraction of sp³-hybridized carbons (Fsp3) is 0.889. The lowest BCUT2D eigenvalue weighted by Gasteiger charge is -2.37. The number of carbonyl (C=O) groups excluding carboxylic acids is 2. The van der Waals surface area contributed by atoms with Crippen LogP contribution in [0.4, 0.5) is 4.79 Å². The molecule has 0 bridgehead atoms. The van der Waals surface area contributed by atoms with Crippen molar-refractivity contribution in [2.75, 3.05) is 13.1 Å². The number of alkyl carbamates (subject to hydrolysis) is 1. The number of hydrogen-bond donors (Lipinski definition) is 1. The molecule has 1 N–H and O–H groups in total. The molecule has 0 aromatic rings. The number of hydrogen-bond acceptors (Lipinski definition) is 3. The largest absolute Gasteiger partial charge is 0.444 e. The first kappa shape index (κ1) is 18.1. The summed E-state index contributed by atoms with van der Waals surface area (Å²) in [5.41, 5.74) is -0.481. The SMILES string of the molecule is C[C@@H]1CN(C(=O)CC2CCCC2)CC[C@@H]1NC(=O)OC(C)(C)C. The van der Waals surface area contributed by atoms with Gasteiger partial charge in [-0.15, -0.1) is 0 Å². The van der Waals surface area contributed by atoms with E-state index in [2.05, 4.69) is 12.2 Å². The Morgan fingerprint density at radius 1 is 1.17 bits per heavy atom. The molecule has 0 aromatic carbocycles. The zero-order valence-corrected chi connectivity index (χ0v) is 15.1. The highest BCUT2D eigenvalue weighted by molar-refractivity contribution is 5.76. The molecular formula is C18H32N2O3. The van der Waals surface area contributed by atoms with Crippen molar-refractivity contribution < 1.29 is 14.3 Å². The van der Waals surface area contributed by atoms with Crippen molar-refractivity contribution >= 4 is 12.0 Å². The standard InChI is InChI=1S/C18H32N2O3/c1-13-12-20(16(21)11-14-7-5-6-8-14)10-9-15(13)19-17(22)23-18(2,3)4/h13-15H,5-12H2,1-4H3,(H,19,22)/t13-,15+/m1/s1. The Hall–Kier alpha value is -1.26. The van der Waals surface area contributed by atoms with E-state index < -0.39 is 5.60 Å². The van der Waals surface area contributed by atoms with E-state index in [0.717, 1.165) is 19.5 Å². The van der Waals surface area contributed by atoms with E-state index in [9.17, 15) is 9.59 Å². The number of likely N-dealkylation sites (tertiary alicyclic amines) is 1. The molecule has 2 aliphatic rings. The first-order valence-corrected chi connectivity index (χ1v) is 9.02. The molecule has 1 saturated heterocycles. The topological polar surface area (TPSA) is 58.6 Å². The molecule has 1 aliphatic heterocycles. The summed E-state index contributed by atoms with van der Waals surface area (Å²) in [5, 5.41) is 2.96. The molecule has 23 heavy (non-hydrogen) atoms. The number of rotatable bonds is 3. The number of amides is 2. The summed E-state index contributed by atoms with van der Waals surface area (Å²) in [4.78, 5) is 26.3. The van der Waals surface area contributed by atoms with Gasteiger partial charge in [-0.3, -0.25) is 4.79 Å². The van der Waals surface area contributed by atoms with Crippen molar-refractivity contribution in [2.24, 2.45) is 11.8 Å². The Kier molecular flexibility index (Phi) is 5.93. The van der Waals surface area contributed by atoms with Crippen LogP contribution in [0.3, 0.4) is 0 Å². The van der Waals surface area contributed by atoms with E-state index >= 15 is 0 Å². The molecule has 5 nitrogen and oxygen atoms in total. The summed E-state index contributed by atoms with van der Waals surface area (Å²) < 4.78 is 5.32. The maximum Gasteiger partial charge on any atom is 0.407 e. The van der Waals surface area contributed by atoms with Gasteiger partial charge in [-0.05, 0) is 51.9 Å². The quantitative estimate of drug-likeness (QED) is 0.866. The summed E-state index contributed by atoms with van der Waals surface area (Å²) >= 11 is 0. The Bertz CT molecular complexity index is 424. The van der Waals surface area contributed by atoms with Crippen molar-refractivity contribution in [3.8, 4) is 0 Å². The molecule has 2 atom stereocenters. The molecule has 2 rings (SSSR count). The molecule has 132 valence electrons. The summed E-state index contributed by atoms with van der Waals surface area (Å²) in [6.07, 6.45) is 6.11. The van der Waals surface area contributed by atoms with E-state index in [1.807, 2.05) is 25.7 Å². The molecule has 5 heteroatoms. The van der Waals surface area contributed by atoms with E-state index in [0.29, 0.717) is 18.2 Å². The molecule has 2 fully saturated rings. The summed E-state index contributed by atoms with van der Waals surface area (Å²) in [6, 6.07) is 0.0837. The predicted octanol–water partition coefficient (Wildman–Crippen LogP) is 3.33. The summed E-state index contributed by atoms with van der Waals surface area (Å²) in [5.74, 6) is 1.14. The molecule has 1 saturated carbocycles. The van der Waals surface area contributed by atoms with Crippen LogP contribution in [0.5, 0.6) is 0 Å². The molecular weight excluding hydrogens is 292 g/mol. The maximum absolute atomic E-state index is 12.4. The molecule has 1 heterocycles. The van der Waals surface area contributed by atoms with Gasteiger partial charge in [0.25, 0.3) is 0 Å². The van der Waals surface area contributed by atoms with Crippen LogP contribution in [0, 0.1) is 11.8 Å². The zero-order chi connectivity index (χ0) is 17.0. The van der Waals surface area contributed by atoms with Crippen molar-refractivity contribution in [1.29, 1.82) is 0 Å². The first-order chi connectivity index (χ1) is 10.7. The molecule has 0 unspecified atom stereocenters. The lowest BCUT2D eigenvalue weighted by molar-refractivity contribution is -0.134. The third-order valence-corrected chi connectivity index (χ3v) is 4.90. The van der Waals surface area contributed by atoms with E-state index in [-0.39, 0.29) is 18.1 Å². The summed E-state index contributed by atoms with van der Waals surface area (Å²) in [6.45, 7) is 9.14. The van der Waals surface area contributed by atoms with Gasteiger partial charge in [0.15, 0.2) is 0 Å². The second-order valence-electron chi connectivity index (χ2n) is 8.21. The van der Waals surface area contributed by atoms with Crippen LogP contribution in [-0.2, 0) is 9.53 Å². The van der Waals surface area contributed by atoms with Crippen LogP contribution in [0.25, 0.3) is 0 Å². The Morgan fingerprint density at radius 2 is 1.83 bits per heavy atom. The normalized spacial score (nSPS) is 26.2. The Labute approximate surface area is 140 Å². The molecule has 2 amide bonds. The average molecular weight is 324 g/mol. The maximum atomic E-state index is 12.4. The Balaban J connectivity index is 1.77. The minimum Gasteiger partial charge on any atom is -0.444 e. The van der Waals surface area contributed by atoms with Crippen LogP contribution in [0.15, 0.2) is 0 Å². The number of nitrogens with one attached hydrogen (secondary N) is 1. The molecule has 1 aliphatic carbocycles. The second kappa shape index (κ2) is 7.54. The number of ether oxygens (including phenoxy) is 1. The Morgan fingerprint density at radius 3 is 2.39 bits per heavy atom. The molecule has 0 radical (unpaired) electrons. The third kappa shape index (κ3) is 5.70. The molecule has 0 aromatic heterocycles. The van der Waals surface area contributed by atoms with E-state index in [1.54, 1.807) is 0 Å². The highest BCUT2D eigenvalue weighted by Crippen LogP contribution is 2.29. The van der Waals surface area contributed by atoms with Gasteiger partial charge in [0, 0.05) is 25.6 Å². The fourth-order valence-corrected chi connectivity index (χ4v) is 3.64. The van der Waals surface area contributed by atoms with E-state index in [4.69, 9.17) is 4.74 Å². The number of nitrogens with zero attached hydrogens (tertiary/aromatic N) is 1. The number of piperidine rings is 1. The highest BCUT2D eigenvalue weighted by atomic mass is 16.6. The second-order valence-corrected chi connectivity index (χ2v) is 8.21. The number of carbonyl (C=O) groups is 2. The third-order valence-electron chi connectivity index (χ3n) is 4.90. The fourth-order valence-electron chi connectivity index (χ4n) is 3.64.